The normalized spacial score (nSPS) is 28.8. The molecule has 1 aliphatic rings. The molecule has 1 heterocycles. The van der Waals surface area contributed by atoms with Crippen LogP contribution in [0.4, 0.5) is 0 Å². The minimum Gasteiger partial charge on any atom is -0.472 e. The molecular formula is C14H24N2O2. The molecule has 4 nitrogen and oxygen atoms in total. The predicted octanol–water partition coefficient (Wildman–Crippen LogP) is 2.00. The Morgan fingerprint density at radius 2 is 2.44 bits per heavy atom. The third-order valence-electron chi connectivity index (χ3n) is 4.30. The second kappa shape index (κ2) is 5.87. The van der Waals surface area contributed by atoms with E-state index < -0.39 is 0 Å². The second-order valence-corrected chi connectivity index (χ2v) is 5.37. The monoisotopic (exact) mass is 252 g/mol. The van der Waals surface area contributed by atoms with Crippen molar-refractivity contribution < 1.29 is 9.15 Å². The Kier molecular flexibility index (Phi) is 4.43. The Balaban J connectivity index is 2.05. The zero-order chi connectivity index (χ0) is 13.0. The number of hydrogen-bond donors (Lipinski definition) is 1. The first-order chi connectivity index (χ1) is 8.70. The van der Waals surface area contributed by atoms with E-state index in [9.17, 15) is 0 Å². The molecule has 4 heteroatoms. The van der Waals surface area contributed by atoms with Crippen molar-refractivity contribution >= 4 is 0 Å². The summed E-state index contributed by atoms with van der Waals surface area (Å²) in [7, 11) is 3.95. The maximum atomic E-state index is 6.06. The van der Waals surface area contributed by atoms with Gasteiger partial charge in [-0.1, -0.05) is 0 Å². The van der Waals surface area contributed by atoms with Crippen LogP contribution >= 0.6 is 0 Å². The molecule has 1 aromatic rings. The first-order valence-electron chi connectivity index (χ1n) is 6.65. The molecule has 0 aromatic carbocycles. The number of rotatable bonds is 5. The van der Waals surface area contributed by atoms with Gasteiger partial charge in [-0.05, 0) is 38.8 Å². The van der Waals surface area contributed by atoms with Crippen LogP contribution in [0.1, 0.15) is 31.2 Å². The molecule has 1 aromatic heterocycles. The van der Waals surface area contributed by atoms with Crippen molar-refractivity contribution in [3.63, 3.8) is 0 Å². The van der Waals surface area contributed by atoms with Gasteiger partial charge in [-0.25, -0.2) is 0 Å². The molecule has 2 atom stereocenters. The zero-order valence-electron chi connectivity index (χ0n) is 11.4. The first kappa shape index (κ1) is 13.6. The number of likely N-dealkylation sites (N-methyl/N-ethyl adjacent to an activating group) is 1. The number of nitrogens with two attached hydrogens (primary N) is 1. The highest BCUT2D eigenvalue weighted by atomic mass is 16.5. The Morgan fingerprint density at radius 1 is 1.61 bits per heavy atom. The lowest BCUT2D eigenvalue weighted by molar-refractivity contribution is -0.0149. The molecule has 2 rings (SSSR count). The molecule has 1 saturated carbocycles. The highest BCUT2D eigenvalue weighted by Gasteiger charge is 2.38. The number of nitrogens with zero attached hydrogens (tertiary/aromatic N) is 1. The summed E-state index contributed by atoms with van der Waals surface area (Å²) in [6.45, 7) is 1.56. The third kappa shape index (κ3) is 2.76. The molecule has 18 heavy (non-hydrogen) atoms. The van der Waals surface area contributed by atoms with Crippen molar-refractivity contribution in [1.82, 2.24) is 4.90 Å². The van der Waals surface area contributed by atoms with Crippen LogP contribution in [-0.4, -0.2) is 37.2 Å². The number of ether oxygens (including phenoxy) is 1. The van der Waals surface area contributed by atoms with E-state index in [4.69, 9.17) is 14.9 Å². The molecule has 0 aliphatic heterocycles. The Labute approximate surface area is 109 Å². The molecule has 102 valence electrons. The topological polar surface area (TPSA) is 51.6 Å². The molecule has 0 radical (unpaired) electrons. The minimum absolute atomic E-state index is 0.0657. The quantitative estimate of drug-likeness (QED) is 0.871. The van der Waals surface area contributed by atoms with Gasteiger partial charge in [-0.3, -0.25) is 4.90 Å². The van der Waals surface area contributed by atoms with Crippen LogP contribution in [0.3, 0.4) is 0 Å². The van der Waals surface area contributed by atoms with Crippen molar-refractivity contribution in [1.29, 1.82) is 0 Å². The van der Waals surface area contributed by atoms with Gasteiger partial charge in [-0.15, -0.1) is 0 Å². The van der Waals surface area contributed by atoms with E-state index in [1.807, 2.05) is 6.07 Å². The number of methoxy groups -OCH3 is 1. The fourth-order valence-corrected chi connectivity index (χ4v) is 3.00. The van der Waals surface area contributed by atoms with Crippen molar-refractivity contribution in [3.8, 4) is 0 Å². The van der Waals surface area contributed by atoms with Gasteiger partial charge in [-0.2, -0.15) is 0 Å². The predicted molar refractivity (Wildman–Crippen MR) is 71.2 cm³/mol. The van der Waals surface area contributed by atoms with E-state index in [2.05, 4.69) is 11.9 Å². The van der Waals surface area contributed by atoms with Gasteiger partial charge in [0.1, 0.15) is 0 Å². The van der Waals surface area contributed by atoms with Crippen LogP contribution in [-0.2, 0) is 11.3 Å². The van der Waals surface area contributed by atoms with Crippen LogP contribution in [0.25, 0.3) is 0 Å². The van der Waals surface area contributed by atoms with Crippen molar-refractivity contribution in [2.45, 2.75) is 43.9 Å². The van der Waals surface area contributed by atoms with E-state index in [1.54, 1.807) is 19.6 Å². The van der Waals surface area contributed by atoms with Gasteiger partial charge in [0, 0.05) is 31.3 Å². The standard InChI is InChI=1S/C14H24N2O2/c1-16(9-12-5-7-18-10-12)14(11-15)6-3-4-13(8-14)17-2/h5,7,10,13H,3-4,6,8-9,11,15H2,1-2H3. The van der Waals surface area contributed by atoms with Crippen molar-refractivity contribution in [2.24, 2.45) is 5.73 Å². The summed E-state index contributed by atoms with van der Waals surface area (Å²) in [5.41, 5.74) is 7.33. The third-order valence-corrected chi connectivity index (χ3v) is 4.30. The van der Waals surface area contributed by atoms with Gasteiger partial charge in [0.15, 0.2) is 0 Å². The first-order valence-corrected chi connectivity index (χ1v) is 6.65. The molecular weight excluding hydrogens is 228 g/mol. The Morgan fingerprint density at radius 3 is 3.06 bits per heavy atom. The molecule has 2 N–H and O–H groups in total. The maximum Gasteiger partial charge on any atom is 0.0947 e. The molecule has 0 saturated heterocycles. The number of furan rings is 1. The van der Waals surface area contributed by atoms with E-state index >= 15 is 0 Å². The van der Waals surface area contributed by atoms with Crippen molar-refractivity contribution in [2.75, 3.05) is 20.7 Å². The molecule has 1 aliphatic carbocycles. The average molecular weight is 252 g/mol. The van der Waals surface area contributed by atoms with E-state index in [-0.39, 0.29) is 5.54 Å². The molecule has 0 amide bonds. The van der Waals surface area contributed by atoms with Gasteiger partial charge >= 0.3 is 0 Å². The van der Waals surface area contributed by atoms with E-state index in [1.165, 1.54) is 12.0 Å². The molecule has 0 bridgehead atoms. The second-order valence-electron chi connectivity index (χ2n) is 5.37. The summed E-state index contributed by atoms with van der Waals surface area (Å²) in [5.74, 6) is 0. The summed E-state index contributed by atoms with van der Waals surface area (Å²) in [5, 5.41) is 0. The average Bonchev–Trinajstić information content (AvgIpc) is 2.91. The molecule has 1 fully saturated rings. The summed E-state index contributed by atoms with van der Waals surface area (Å²) in [6.07, 6.45) is 8.37. The van der Waals surface area contributed by atoms with Gasteiger partial charge in [0.25, 0.3) is 0 Å². The fraction of sp³-hybridized carbons (Fsp3) is 0.714. The molecule has 2 unspecified atom stereocenters. The summed E-state index contributed by atoms with van der Waals surface area (Å²) in [6, 6.07) is 2.01. The van der Waals surface area contributed by atoms with Crippen LogP contribution in [0.2, 0.25) is 0 Å². The minimum atomic E-state index is 0.0657. The maximum absolute atomic E-state index is 6.06. The fourth-order valence-electron chi connectivity index (χ4n) is 3.00. The summed E-state index contributed by atoms with van der Waals surface area (Å²) < 4.78 is 10.7. The Bertz CT molecular complexity index is 353. The van der Waals surface area contributed by atoms with Crippen LogP contribution < -0.4 is 5.73 Å². The zero-order valence-corrected chi connectivity index (χ0v) is 11.4. The van der Waals surface area contributed by atoms with Gasteiger partial charge in [0.05, 0.1) is 18.6 Å². The van der Waals surface area contributed by atoms with Crippen LogP contribution in [0.5, 0.6) is 0 Å². The van der Waals surface area contributed by atoms with E-state index in [0.29, 0.717) is 12.6 Å². The van der Waals surface area contributed by atoms with Crippen molar-refractivity contribution in [3.05, 3.63) is 24.2 Å². The number of hydrogen-bond acceptors (Lipinski definition) is 4. The lowest BCUT2D eigenvalue weighted by Crippen LogP contribution is -2.55. The SMILES string of the molecule is COC1CCCC(CN)(N(C)Cc2ccoc2)C1. The summed E-state index contributed by atoms with van der Waals surface area (Å²) in [4.78, 5) is 2.36. The van der Waals surface area contributed by atoms with Gasteiger partial charge in [0.2, 0.25) is 0 Å². The van der Waals surface area contributed by atoms with Gasteiger partial charge < -0.3 is 14.9 Å². The largest absolute Gasteiger partial charge is 0.472 e. The van der Waals surface area contributed by atoms with Crippen LogP contribution in [0.15, 0.2) is 23.0 Å². The summed E-state index contributed by atoms with van der Waals surface area (Å²) >= 11 is 0. The highest BCUT2D eigenvalue weighted by Crippen LogP contribution is 2.34. The lowest BCUT2D eigenvalue weighted by atomic mass is 9.78. The highest BCUT2D eigenvalue weighted by molar-refractivity contribution is 5.07. The Hall–Kier alpha value is -0.840. The smallest absolute Gasteiger partial charge is 0.0947 e. The van der Waals surface area contributed by atoms with E-state index in [0.717, 1.165) is 25.8 Å². The molecule has 0 spiro atoms. The van der Waals surface area contributed by atoms with Crippen LogP contribution in [0, 0.1) is 0 Å². The lowest BCUT2D eigenvalue weighted by Gasteiger charge is -2.46.